The van der Waals surface area contributed by atoms with Crippen molar-refractivity contribution in [3.8, 4) is 0 Å². The first kappa shape index (κ1) is 12.3. The Hall–Kier alpha value is -2.14. The predicted octanol–water partition coefficient (Wildman–Crippen LogP) is 0.989. The van der Waals surface area contributed by atoms with Gasteiger partial charge in [-0.2, -0.15) is 0 Å². The standard InChI is InChI=1S/C13H13N3OS/c1-10-7-8-12(17-10)9-14-16-13(18)15-11-5-3-2-4-6-11/h2-9H,1H3,(H2,15,16,18)/p+1. The number of hydrogen-bond donors (Lipinski definition) is 3. The summed E-state index contributed by atoms with van der Waals surface area (Å²) in [6.45, 7) is 1.90. The molecule has 0 amide bonds. The topological polar surface area (TPSA) is 51.2 Å². The molecule has 2 rings (SSSR count). The van der Waals surface area contributed by atoms with Crippen molar-refractivity contribution in [2.45, 2.75) is 6.92 Å². The fraction of sp³-hybridized carbons (Fsp3) is 0.0769. The fourth-order valence-corrected chi connectivity index (χ4v) is 1.56. The molecular weight excluding hydrogens is 246 g/mol. The second-order valence-corrected chi connectivity index (χ2v) is 4.09. The molecule has 0 aliphatic rings. The van der Waals surface area contributed by atoms with Crippen LogP contribution in [0.4, 0.5) is 5.69 Å². The van der Waals surface area contributed by atoms with Gasteiger partial charge in [-0.1, -0.05) is 18.2 Å². The maximum Gasteiger partial charge on any atom is 0.233 e. The van der Waals surface area contributed by atoms with Gasteiger partial charge in [0.05, 0.1) is 0 Å². The van der Waals surface area contributed by atoms with Crippen molar-refractivity contribution in [2.75, 3.05) is 5.32 Å². The number of anilines is 1. The number of hydrogen-bond acceptors (Lipinski definition) is 2. The molecule has 92 valence electrons. The van der Waals surface area contributed by atoms with Crippen LogP contribution in [0, 0.1) is 6.92 Å². The van der Waals surface area contributed by atoms with E-state index in [2.05, 4.69) is 15.8 Å². The maximum absolute atomic E-state index is 5.36. The number of para-hydroxylation sites is 1. The number of nitrogens with one attached hydrogen (secondary N) is 3. The summed E-state index contributed by atoms with van der Waals surface area (Å²) in [6.07, 6.45) is 1.70. The predicted molar refractivity (Wildman–Crippen MR) is 75.4 cm³/mol. The molecule has 0 unspecified atom stereocenters. The summed E-state index contributed by atoms with van der Waals surface area (Å²) in [5, 5.41) is 6.39. The SMILES string of the molecule is Cc1ccc(C=[NH+]NC(=S)Nc2ccccc2)o1. The lowest BCUT2D eigenvalue weighted by molar-refractivity contribution is -0.499. The molecule has 18 heavy (non-hydrogen) atoms. The Labute approximate surface area is 111 Å². The lowest BCUT2D eigenvalue weighted by atomic mass is 10.3. The molecule has 5 heteroatoms. The van der Waals surface area contributed by atoms with E-state index in [-0.39, 0.29) is 0 Å². The summed E-state index contributed by atoms with van der Waals surface area (Å²) in [5.74, 6) is 1.61. The quantitative estimate of drug-likeness (QED) is 0.438. The van der Waals surface area contributed by atoms with Crippen molar-refractivity contribution in [1.82, 2.24) is 5.43 Å². The van der Waals surface area contributed by atoms with Crippen LogP contribution in [0.5, 0.6) is 0 Å². The Morgan fingerprint density at radius 1 is 1.22 bits per heavy atom. The van der Waals surface area contributed by atoms with Crippen LogP contribution in [0.15, 0.2) is 46.9 Å². The molecule has 2 aromatic rings. The molecule has 3 N–H and O–H groups in total. The van der Waals surface area contributed by atoms with E-state index in [4.69, 9.17) is 16.6 Å². The van der Waals surface area contributed by atoms with E-state index in [1.54, 1.807) is 6.21 Å². The molecule has 1 aromatic heterocycles. The first-order valence-electron chi connectivity index (χ1n) is 5.51. The van der Waals surface area contributed by atoms with Gasteiger partial charge in [0.1, 0.15) is 5.76 Å². The van der Waals surface area contributed by atoms with Crippen LogP contribution < -0.4 is 15.8 Å². The summed E-state index contributed by atoms with van der Waals surface area (Å²) in [4.78, 5) is 0. The number of thiocarbonyl (C=S) groups is 1. The average Bonchev–Trinajstić information content (AvgIpc) is 2.76. The number of hydrazine groups is 1. The Balaban J connectivity index is 1.83. The van der Waals surface area contributed by atoms with E-state index >= 15 is 0 Å². The first-order chi connectivity index (χ1) is 8.74. The average molecular weight is 260 g/mol. The van der Waals surface area contributed by atoms with Crippen molar-refractivity contribution < 1.29 is 9.52 Å². The minimum atomic E-state index is 0.487. The fourth-order valence-electron chi connectivity index (χ4n) is 1.39. The molecule has 0 radical (unpaired) electrons. The van der Waals surface area contributed by atoms with Crippen LogP contribution in [0.2, 0.25) is 0 Å². The molecule has 0 fully saturated rings. The third-order valence-electron chi connectivity index (χ3n) is 2.19. The highest BCUT2D eigenvalue weighted by atomic mass is 32.1. The van der Waals surface area contributed by atoms with Crippen molar-refractivity contribution >= 4 is 29.2 Å². The van der Waals surface area contributed by atoms with Crippen molar-refractivity contribution in [1.29, 1.82) is 0 Å². The number of furan rings is 1. The second kappa shape index (κ2) is 5.97. The summed E-state index contributed by atoms with van der Waals surface area (Å²) >= 11 is 5.12. The van der Waals surface area contributed by atoms with Crippen LogP contribution in [0.1, 0.15) is 11.5 Å². The van der Waals surface area contributed by atoms with Gasteiger partial charge in [0.2, 0.25) is 11.3 Å². The largest absolute Gasteiger partial charge is 0.456 e. The van der Waals surface area contributed by atoms with Crippen molar-refractivity contribution in [3.63, 3.8) is 0 Å². The van der Waals surface area contributed by atoms with Gasteiger partial charge in [0.15, 0.2) is 5.76 Å². The Morgan fingerprint density at radius 3 is 2.67 bits per heavy atom. The Morgan fingerprint density at radius 2 is 2.00 bits per heavy atom. The molecule has 0 aliphatic heterocycles. The molecular formula is C13H14N3OS+. The van der Waals surface area contributed by atoms with E-state index in [1.807, 2.05) is 49.4 Å². The zero-order valence-electron chi connectivity index (χ0n) is 9.94. The Kier molecular flexibility index (Phi) is 4.09. The lowest BCUT2D eigenvalue weighted by Gasteiger charge is -2.02. The Bertz CT molecular complexity index is 548. The van der Waals surface area contributed by atoms with Crippen molar-refractivity contribution in [3.05, 3.63) is 54.0 Å². The van der Waals surface area contributed by atoms with E-state index < -0.39 is 0 Å². The van der Waals surface area contributed by atoms with E-state index in [9.17, 15) is 0 Å². The highest BCUT2D eigenvalue weighted by Gasteiger charge is 1.99. The van der Waals surface area contributed by atoms with Gasteiger partial charge in [-0.15, -0.1) is 10.5 Å². The molecule has 0 aliphatic carbocycles. The van der Waals surface area contributed by atoms with Gasteiger partial charge in [-0.05, 0) is 43.4 Å². The lowest BCUT2D eigenvalue weighted by Crippen LogP contribution is -2.82. The van der Waals surface area contributed by atoms with E-state index in [0.29, 0.717) is 5.11 Å². The zero-order valence-corrected chi connectivity index (χ0v) is 10.8. The number of rotatable bonds is 3. The van der Waals surface area contributed by atoms with Gasteiger partial charge < -0.3 is 9.73 Å². The highest BCUT2D eigenvalue weighted by molar-refractivity contribution is 7.80. The summed E-state index contributed by atoms with van der Waals surface area (Å²) in [5.41, 5.74) is 3.78. The first-order valence-corrected chi connectivity index (χ1v) is 5.92. The van der Waals surface area contributed by atoms with Gasteiger partial charge in [-0.3, -0.25) is 0 Å². The summed E-state index contributed by atoms with van der Waals surface area (Å²) in [6, 6.07) is 13.5. The molecule has 0 bridgehead atoms. The van der Waals surface area contributed by atoms with Crippen LogP contribution >= 0.6 is 12.2 Å². The minimum absolute atomic E-state index is 0.487. The molecule has 0 atom stereocenters. The van der Waals surface area contributed by atoms with E-state index in [0.717, 1.165) is 17.2 Å². The summed E-state index contributed by atoms with van der Waals surface area (Å²) in [7, 11) is 0. The molecule has 1 aromatic carbocycles. The molecule has 4 nitrogen and oxygen atoms in total. The van der Waals surface area contributed by atoms with Crippen LogP contribution in [-0.2, 0) is 0 Å². The number of aryl methyl sites for hydroxylation is 1. The van der Waals surface area contributed by atoms with Gasteiger partial charge in [-0.25, -0.2) is 0 Å². The molecule has 1 heterocycles. The maximum atomic E-state index is 5.36. The van der Waals surface area contributed by atoms with Gasteiger partial charge in [0.25, 0.3) is 0 Å². The zero-order chi connectivity index (χ0) is 12.8. The molecule has 0 saturated carbocycles. The number of benzene rings is 1. The van der Waals surface area contributed by atoms with Crippen molar-refractivity contribution in [2.24, 2.45) is 0 Å². The molecule has 0 spiro atoms. The second-order valence-electron chi connectivity index (χ2n) is 3.68. The van der Waals surface area contributed by atoms with Crippen LogP contribution in [0.3, 0.4) is 0 Å². The van der Waals surface area contributed by atoms with Gasteiger partial charge >= 0.3 is 0 Å². The third-order valence-corrected chi connectivity index (χ3v) is 2.40. The smallest absolute Gasteiger partial charge is 0.233 e. The highest BCUT2D eigenvalue weighted by Crippen LogP contribution is 2.03. The number of hydrazone groups is 1. The monoisotopic (exact) mass is 260 g/mol. The minimum Gasteiger partial charge on any atom is -0.456 e. The van der Waals surface area contributed by atoms with Crippen LogP contribution in [-0.4, -0.2) is 11.3 Å². The normalized spacial score (nSPS) is 10.5. The molecule has 0 saturated heterocycles. The van der Waals surface area contributed by atoms with E-state index in [1.165, 1.54) is 0 Å². The van der Waals surface area contributed by atoms with Gasteiger partial charge in [0, 0.05) is 5.69 Å². The third kappa shape index (κ3) is 3.71. The van der Waals surface area contributed by atoms with Crippen LogP contribution in [0.25, 0.3) is 0 Å². The summed E-state index contributed by atoms with van der Waals surface area (Å²) < 4.78 is 5.36.